The summed E-state index contributed by atoms with van der Waals surface area (Å²) >= 11 is 0. The van der Waals surface area contributed by atoms with E-state index in [0.29, 0.717) is 6.42 Å². The number of amides is 1. The molecule has 0 saturated heterocycles. The van der Waals surface area contributed by atoms with Crippen molar-refractivity contribution in [3.63, 3.8) is 0 Å². The summed E-state index contributed by atoms with van der Waals surface area (Å²) in [4.78, 5) is 12.3. The average molecular weight is 628 g/mol. The zero-order valence-corrected chi connectivity index (χ0v) is 29.0. The largest absolute Gasteiger partial charge is 0.394 e. The van der Waals surface area contributed by atoms with Gasteiger partial charge in [-0.3, -0.25) is 4.79 Å². The maximum atomic E-state index is 12.3. The van der Waals surface area contributed by atoms with Crippen LogP contribution in [0, 0.1) is 0 Å². The Hall–Kier alpha value is -2.21. The Morgan fingerprint density at radius 2 is 1.11 bits per heavy atom. The molecule has 0 fully saturated rings. The molecule has 0 aromatic carbocycles. The Bertz CT molecular complexity index is 826. The van der Waals surface area contributed by atoms with Gasteiger partial charge >= 0.3 is 0 Å². The molecule has 0 radical (unpaired) electrons. The van der Waals surface area contributed by atoms with Crippen LogP contribution in [0.2, 0.25) is 0 Å². The molecule has 3 atom stereocenters. The summed E-state index contributed by atoms with van der Waals surface area (Å²) in [5, 5.41) is 32.3. The lowest BCUT2D eigenvalue weighted by atomic mass is 10.0. The van der Waals surface area contributed by atoms with Crippen molar-refractivity contribution in [2.45, 2.75) is 167 Å². The maximum absolute atomic E-state index is 12.3. The van der Waals surface area contributed by atoms with Crippen LogP contribution in [0.15, 0.2) is 72.9 Å². The highest BCUT2D eigenvalue weighted by atomic mass is 16.3. The predicted octanol–water partition coefficient (Wildman–Crippen LogP) is 9.75. The lowest BCUT2D eigenvalue weighted by molar-refractivity contribution is -0.122. The van der Waals surface area contributed by atoms with E-state index in [4.69, 9.17) is 0 Å². The third-order valence-electron chi connectivity index (χ3n) is 7.85. The smallest absolute Gasteiger partial charge is 0.220 e. The van der Waals surface area contributed by atoms with Gasteiger partial charge in [-0.05, 0) is 51.4 Å². The minimum atomic E-state index is -0.874. The Balaban J connectivity index is 3.81. The van der Waals surface area contributed by atoms with E-state index in [0.717, 1.165) is 51.4 Å². The normalized spacial score (nSPS) is 14.7. The van der Waals surface area contributed by atoms with Crippen LogP contribution < -0.4 is 5.32 Å². The third kappa shape index (κ3) is 31.6. The fourth-order valence-electron chi connectivity index (χ4n) is 4.87. The number of hydrogen-bond acceptors (Lipinski definition) is 4. The molecule has 0 unspecified atom stereocenters. The number of carbonyl (C=O) groups is 1. The Labute approximate surface area is 277 Å². The topological polar surface area (TPSA) is 89.8 Å². The molecule has 0 aliphatic carbocycles. The number of nitrogens with one attached hydrogen (secondary N) is 1. The molecular weight excluding hydrogens is 558 g/mol. The minimum Gasteiger partial charge on any atom is -0.394 e. The highest BCUT2D eigenvalue weighted by Crippen LogP contribution is 2.13. The molecule has 1 amide bonds. The molecule has 5 heteroatoms. The number of allylic oxidation sites excluding steroid dienone is 10. The van der Waals surface area contributed by atoms with Crippen molar-refractivity contribution in [1.82, 2.24) is 5.32 Å². The first-order valence-corrected chi connectivity index (χ1v) is 18.3. The van der Waals surface area contributed by atoms with Crippen molar-refractivity contribution in [3.8, 4) is 0 Å². The molecule has 0 bridgehead atoms. The number of rotatable bonds is 31. The van der Waals surface area contributed by atoms with E-state index in [9.17, 15) is 20.1 Å². The Morgan fingerprint density at radius 3 is 1.67 bits per heavy atom. The van der Waals surface area contributed by atoms with Gasteiger partial charge in [-0.25, -0.2) is 0 Å². The quantitative estimate of drug-likeness (QED) is 0.0350. The van der Waals surface area contributed by atoms with E-state index < -0.39 is 12.1 Å². The van der Waals surface area contributed by atoms with E-state index in [2.05, 4.69) is 54.8 Å². The predicted molar refractivity (Wildman–Crippen MR) is 194 cm³/mol. The molecule has 0 aliphatic rings. The molecule has 45 heavy (non-hydrogen) atoms. The number of unbranched alkanes of at least 4 members (excludes halogenated alkanes) is 14. The van der Waals surface area contributed by atoms with Crippen molar-refractivity contribution < 1.29 is 20.1 Å². The second-order valence-electron chi connectivity index (χ2n) is 12.1. The Kier molecular flexibility index (Phi) is 33.0. The number of carbonyl (C=O) groups excluding carboxylic acids is 1. The lowest BCUT2D eigenvalue weighted by Gasteiger charge is -2.19. The van der Waals surface area contributed by atoms with E-state index in [-0.39, 0.29) is 18.6 Å². The van der Waals surface area contributed by atoms with E-state index in [1.807, 2.05) is 25.2 Å². The van der Waals surface area contributed by atoms with Gasteiger partial charge in [0.1, 0.15) is 0 Å². The molecule has 5 nitrogen and oxygen atoms in total. The van der Waals surface area contributed by atoms with Gasteiger partial charge < -0.3 is 20.6 Å². The van der Waals surface area contributed by atoms with Crippen LogP contribution >= 0.6 is 0 Å². The molecule has 0 heterocycles. The molecular formula is C40H69NO4. The second kappa shape index (κ2) is 34.7. The maximum Gasteiger partial charge on any atom is 0.220 e. The summed E-state index contributed by atoms with van der Waals surface area (Å²) in [5.74, 6) is -0.137. The second-order valence-corrected chi connectivity index (χ2v) is 12.1. The van der Waals surface area contributed by atoms with Crippen LogP contribution in [0.3, 0.4) is 0 Å². The van der Waals surface area contributed by atoms with Gasteiger partial charge in [-0.15, -0.1) is 0 Å². The first kappa shape index (κ1) is 42.8. The molecule has 0 rings (SSSR count). The average Bonchev–Trinajstić information content (AvgIpc) is 3.04. The summed E-state index contributed by atoms with van der Waals surface area (Å²) in [6, 6.07) is -0.664. The molecule has 0 aromatic heterocycles. The van der Waals surface area contributed by atoms with Gasteiger partial charge in [-0.2, -0.15) is 0 Å². The molecule has 0 aromatic rings. The van der Waals surface area contributed by atoms with Crippen LogP contribution in [0.4, 0.5) is 0 Å². The van der Waals surface area contributed by atoms with Crippen molar-refractivity contribution in [3.05, 3.63) is 72.9 Å². The van der Waals surface area contributed by atoms with Crippen molar-refractivity contribution in [2.24, 2.45) is 0 Å². The molecule has 0 spiro atoms. The van der Waals surface area contributed by atoms with Crippen molar-refractivity contribution >= 4 is 5.91 Å². The molecule has 4 N–H and O–H groups in total. The van der Waals surface area contributed by atoms with Crippen molar-refractivity contribution in [1.29, 1.82) is 0 Å². The summed E-state index contributed by atoms with van der Waals surface area (Å²) in [6.45, 7) is 3.94. The molecule has 0 aliphatic heterocycles. The van der Waals surface area contributed by atoms with Crippen LogP contribution in [0.1, 0.15) is 149 Å². The highest BCUT2D eigenvalue weighted by Gasteiger charge is 2.17. The number of aliphatic hydroxyl groups excluding tert-OH is 3. The first-order chi connectivity index (χ1) is 22.0. The lowest BCUT2D eigenvalue weighted by Crippen LogP contribution is -2.45. The molecule has 258 valence electrons. The number of aliphatic hydroxyl groups is 3. The monoisotopic (exact) mass is 628 g/mol. The van der Waals surface area contributed by atoms with Crippen LogP contribution in [0.25, 0.3) is 0 Å². The van der Waals surface area contributed by atoms with Gasteiger partial charge in [0.05, 0.1) is 24.9 Å². The SMILES string of the molecule is CCCCCCCCCCCCCCC/C=C/[C@@H](O)[C@H](CO)NC(=O)CCC/C=C\C/C=C\C/C=C\C/C=C\C=C\[C@H](O)CC. The van der Waals surface area contributed by atoms with Gasteiger partial charge in [0, 0.05) is 6.42 Å². The first-order valence-electron chi connectivity index (χ1n) is 18.3. The third-order valence-corrected chi connectivity index (χ3v) is 7.85. The fraction of sp³-hybridized carbons (Fsp3) is 0.675. The van der Waals surface area contributed by atoms with Gasteiger partial charge in [0.25, 0.3) is 0 Å². The van der Waals surface area contributed by atoms with E-state index in [1.165, 1.54) is 77.0 Å². The summed E-state index contributed by atoms with van der Waals surface area (Å²) in [5.41, 5.74) is 0. The van der Waals surface area contributed by atoms with Gasteiger partial charge in [0.2, 0.25) is 5.91 Å². The zero-order chi connectivity index (χ0) is 33.1. The van der Waals surface area contributed by atoms with Gasteiger partial charge in [0.15, 0.2) is 0 Å². The minimum absolute atomic E-state index is 0.137. The van der Waals surface area contributed by atoms with Gasteiger partial charge in [-0.1, -0.05) is 164 Å². The van der Waals surface area contributed by atoms with Crippen molar-refractivity contribution in [2.75, 3.05) is 6.61 Å². The van der Waals surface area contributed by atoms with Crippen LogP contribution in [-0.2, 0) is 4.79 Å². The van der Waals surface area contributed by atoms with E-state index >= 15 is 0 Å². The molecule has 0 saturated carbocycles. The standard InChI is InChI=1S/C40H69NO4/c1-3-5-6-7-8-9-10-11-12-16-19-22-25-28-31-34-39(44)38(36-42)41-40(45)35-32-29-26-23-20-17-14-13-15-18-21-24-27-30-33-37(43)4-2/h14-15,17-18,23-24,26-27,30-31,33-34,37-39,42-44H,3-13,16,19-22,25,28-29,32,35-36H2,1-2H3,(H,41,45)/b17-14-,18-15-,26-23-,27-24-,33-30+,34-31+/t37-,38+,39-/m1/s1. The number of hydrogen-bond donors (Lipinski definition) is 4. The van der Waals surface area contributed by atoms with E-state index in [1.54, 1.807) is 12.2 Å². The van der Waals surface area contributed by atoms with Crippen LogP contribution in [0.5, 0.6) is 0 Å². The Morgan fingerprint density at radius 1 is 0.600 bits per heavy atom. The highest BCUT2D eigenvalue weighted by molar-refractivity contribution is 5.76. The summed E-state index contributed by atoms with van der Waals surface area (Å²) in [7, 11) is 0. The summed E-state index contributed by atoms with van der Waals surface area (Å²) < 4.78 is 0. The summed E-state index contributed by atoms with van der Waals surface area (Å²) in [6.07, 6.45) is 46.5. The zero-order valence-electron chi connectivity index (χ0n) is 29.0. The van der Waals surface area contributed by atoms with Crippen LogP contribution in [-0.4, -0.2) is 46.1 Å². The fourth-order valence-corrected chi connectivity index (χ4v) is 4.87.